The molecule has 0 bridgehead atoms. The molecule has 0 unspecified atom stereocenters. The first-order chi connectivity index (χ1) is 16.3. The van der Waals surface area contributed by atoms with Gasteiger partial charge in [0.1, 0.15) is 0 Å². The van der Waals surface area contributed by atoms with Crippen LogP contribution >= 0.6 is 23.4 Å². The van der Waals surface area contributed by atoms with Gasteiger partial charge in [-0.15, -0.1) is 10.2 Å². The Balaban J connectivity index is 1.70. The summed E-state index contributed by atoms with van der Waals surface area (Å²) < 4.78 is 1.94. The molecule has 0 fully saturated rings. The van der Waals surface area contributed by atoms with Crippen molar-refractivity contribution in [2.45, 2.75) is 51.9 Å². The zero-order valence-corrected chi connectivity index (χ0v) is 21.4. The Hall–Kier alpha value is -2.84. The highest BCUT2D eigenvalue weighted by Crippen LogP contribution is 2.26. The van der Waals surface area contributed by atoms with Crippen molar-refractivity contribution in [1.29, 1.82) is 0 Å². The van der Waals surface area contributed by atoms with Gasteiger partial charge in [-0.05, 0) is 49.1 Å². The van der Waals surface area contributed by atoms with E-state index in [0.717, 1.165) is 12.1 Å². The summed E-state index contributed by atoms with van der Waals surface area (Å²) in [7, 11) is 0. The Labute approximate surface area is 209 Å². The maximum Gasteiger partial charge on any atom is 0.253 e. The van der Waals surface area contributed by atoms with E-state index in [9.17, 15) is 9.59 Å². The maximum absolute atomic E-state index is 12.9. The fraction of sp³-hybridized carbons (Fsp3) is 0.360. The lowest BCUT2D eigenvalue weighted by atomic mass is 10.0. The lowest BCUT2D eigenvalue weighted by molar-refractivity contribution is -0.113. The standard InChI is InChI=1S/C25H30ClN5O2S/c1-5-17-11-13-18(14-12-17)27-21(32)15-34-25-30-29-23(31(25)6-2)22(16(3)4)28-24(33)19-9-7-8-10-20(19)26/h7-14,16,22H,5-6,15H2,1-4H3,(H,27,32)(H,28,33)/t22-/m1/s1. The predicted molar refractivity (Wildman–Crippen MR) is 137 cm³/mol. The lowest BCUT2D eigenvalue weighted by Crippen LogP contribution is -2.34. The molecule has 0 spiro atoms. The Morgan fingerprint density at radius 2 is 1.76 bits per heavy atom. The van der Waals surface area contributed by atoms with E-state index in [4.69, 9.17) is 11.6 Å². The van der Waals surface area contributed by atoms with E-state index in [1.807, 2.05) is 49.6 Å². The molecule has 7 nitrogen and oxygen atoms in total. The summed E-state index contributed by atoms with van der Waals surface area (Å²) in [6.45, 7) is 8.70. The molecule has 9 heteroatoms. The van der Waals surface area contributed by atoms with Crippen molar-refractivity contribution in [3.05, 3.63) is 70.5 Å². The first-order valence-corrected chi connectivity index (χ1v) is 12.7. The number of thioether (sulfide) groups is 1. The van der Waals surface area contributed by atoms with Gasteiger partial charge in [0.05, 0.1) is 22.4 Å². The van der Waals surface area contributed by atoms with Crippen LogP contribution in [0.5, 0.6) is 0 Å². The molecule has 2 amide bonds. The first-order valence-electron chi connectivity index (χ1n) is 11.3. The second kappa shape index (κ2) is 12.0. The van der Waals surface area contributed by atoms with E-state index in [2.05, 4.69) is 27.8 Å². The van der Waals surface area contributed by atoms with E-state index in [1.165, 1.54) is 17.3 Å². The van der Waals surface area contributed by atoms with E-state index in [1.54, 1.807) is 24.3 Å². The highest BCUT2D eigenvalue weighted by atomic mass is 35.5. The second-order valence-electron chi connectivity index (χ2n) is 8.15. The minimum absolute atomic E-state index is 0.0631. The molecule has 0 radical (unpaired) electrons. The third-order valence-corrected chi connectivity index (χ3v) is 6.69. The molecule has 2 aromatic carbocycles. The zero-order chi connectivity index (χ0) is 24.7. The topological polar surface area (TPSA) is 88.9 Å². The number of carbonyl (C=O) groups excluding carboxylic acids is 2. The minimum atomic E-state index is -0.364. The number of nitrogens with zero attached hydrogens (tertiary/aromatic N) is 3. The summed E-state index contributed by atoms with van der Waals surface area (Å²) in [4.78, 5) is 25.3. The molecule has 3 rings (SSSR count). The molecule has 1 heterocycles. The summed E-state index contributed by atoms with van der Waals surface area (Å²) in [6, 6.07) is 14.4. The number of halogens is 1. The molecule has 1 atom stereocenters. The van der Waals surface area contributed by atoms with Gasteiger partial charge in [0.2, 0.25) is 5.91 Å². The van der Waals surface area contributed by atoms with Crippen LogP contribution in [-0.2, 0) is 17.8 Å². The average Bonchev–Trinajstić information content (AvgIpc) is 3.24. The maximum atomic E-state index is 12.9. The first kappa shape index (κ1) is 25.8. The predicted octanol–water partition coefficient (Wildman–Crippen LogP) is 5.37. The average molecular weight is 500 g/mol. The van der Waals surface area contributed by atoms with Crippen LogP contribution in [0.2, 0.25) is 5.02 Å². The van der Waals surface area contributed by atoms with Crippen LogP contribution < -0.4 is 10.6 Å². The molecule has 3 aromatic rings. The molecule has 180 valence electrons. The Bertz CT molecular complexity index is 1130. The number of amides is 2. The molecule has 0 saturated carbocycles. The van der Waals surface area contributed by atoms with Crippen molar-refractivity contribution >= 4 is 40.9 Å². The number of aryl methyl sites for hydroxylation is 1. The summed E-state index contributed by atoms with van der Waals surface area (Å²) in [6.07, 6.45) is 0.954. The largest absolute Gasteiger partial charge is 0.342 e. The van der Waals surface area contributed by atoms with Crippen molar-refractivity contribution in [3.8, 4) is 0 Å². The quantitative estimate of drug-likeness (QED) is 0.366. The monoisotopic (exact) mass is 499 g/mol. The van der Waals surface area contributed by atoms with Crippen LogP contribution in [0, 0.1) is 5.92 Å². The van der Waals surface area contributed by atoms with Crippen molar-refractivity contribution in [2.75, 3.05) is 11.1 Å². The Morgan fingerprint density at radius 3 is 2.38 bits per heavy atom. The van der Waals surface area contributed by atoms with Gasteiger partial charge in [0, 0.05) is 12.2 Å². The smallest absolute Gasteiger partial charge is 0.253 e. The minimum Gasteiger partial charge on any atom is -0.342 e. The summed E-state index contributed by atoms with van der Waals surface area (Å²) in [5.41, 5.74) is 2.40. The van der Waals surface area contributed by atoms with Gasteiger partial charge in [0.25, 0.3) is 5.91 Å². The summed E-state index contributed by atoms with van der Waals surface area (Å²) in [5, 5.41) is 15.7. The van der Waals surface area contributed by atoms with Crippen LogP contribution in [0.25, 0.3) is 0 Å². The number of hydrogen-bond donors (Lipinski definition) is 2. The number of nitrogens with one attached hydrogen (secondary N) is 2. The summed E-state index contributed by atoms with van der Waals surface area (Å²) in [5.74, 6) is 0.530. The van der Waals surface area contributed by atoms with Gasteiger partial charge in [-0.25, -0.2) is 0 Å². The van der Waals surface area contributed by atoms with Crippen molar-refractivity contribution in [3.63, 3.8) is 0 Å². The van der Waals surface area contributed by atoms with Gasteiger partial charge in [-0.1, -0.05) is 68.4 Å². The lowest BCUT2D eigenvalue weighted by Gasteiger charge is -2.22. The Morgan fingerprint density at radius 1 is 1.06 bits per heavy atom. The third-order valence-electron chi connectivity index (χ3n) is 5.39. The van der Waals surface area contributed by atoms with Crippen LogP contribution in [0.4, 0.5) is 5.69 Å². The van der Waals surface area contributed by atoms with Gasteiger partial charge >= 0.3 is 0 Å². The number of hydrogen-bond acceptors (Lipinski definition) is 5. The van der Waals surface area contributed by atoms with Crippen LogP contribution in [-0.4, -0.2) is 32.3 Å². The van der Waals surface area contributed by atoms with Crippen molar-refractivity contribution in [1.82, 2.24) is 20.1 Å². The number of carbonyl (C=O) groups is 2. The SMILES string of the molecule is CCc1ccc(NC(=O)CSc2nnc([C@H](NC(=O)c3ccccc3Cl)C(C)C)n2CC)cc1. The molecule has 34 heavy (non-hydrogen) atoms. The number of rotatable bonds is 10. The highest BCUT2D eigenvalue weighted by molar-refractivity contribution is 7.99. The molecular weight excluding hydrogens is 470 g/mol. The number of anilines is 1. The van der Waals surface area contributed by atoms with E-state index in [-0.39, 0.29) is 29.5 Å². The molecule has 0 aliphatic heterocycles. The fourth-order valence-corrected chi connectivity index (χ4v) is 4.51. The van der Waals surface area contributed by atoms with Crippen molar-refractivity contribution in [2.24, 2.45) is 5.92 Å². The molecular formula is C25H30ClN5O2S. The summed E-state index contributed by atoms with van der Waals surface area (Å²) >= 11 is 7.52. The molecule has 0 aliphatic rings. The van der Waals surface area contributed by atoms with Gasteiger partial charge in [0.15, 0.2) is 11.0 Å². The fourth-order valence-electron chi connectivity index (χ4n) is 3.48. The number of aromatic nitrogens is 3. The third kappa shape index (κ3) is 6.39. The van der Waals surface area contributed by atoms with E-state index in [0.29, 0.717) is 28.1 Å². The van der Waals surface area contributed by atoms with Gasteiger partial charge in [-0.3, -0.25) is 9.59 Å². The van der Waals surface area contributed by atoms with E-state index < -0.39 is 0 Å². The van der Waals surface area contributed by atoms with Crippen molar-refractivity contribution < 1.29 is 9.59 Å². The van der Waals surface area contributed by atoms with Crippen LogP contribution in [0.15, 0.2) is 53.7 Å². The molecule has 1 aromatic heterocycles. The zero-order valence-electron chi connectivity index (χ0n) is 19.8. The normalized spacial score (nSPS) is 11.9. The van der Waals surface area contributed by atoms with Gasteiger partial charge in [-0.2, -0.15) is 0 Å². The van der Waals surface area contributed by atoms with Gasteiger partial charge < -0.3 is 15.2 Å². The molecule has 0 saturated heterocycles. The van der Waals surface area contributed by atoms with E-state index >= 15 is 0 Å². The number of benzene rings is 2. The molecule has 0 aliphatic carbocycles. The Kier molecular flexibility index (Phi) is 9.12. The highest BCUT2D eigenvalue weighted by Gasteiger charge is 2.26. The second-order valence-corrected chi connectivity index (χ2v) is 9.50. The van der Waals surface area contributed by atoms with Crippen LogP contribution in [0.1, 0.15) is 55.5 Å². The molecule has 2 N–H and O–H groups in total. The van der Waals surface area contributed by atoms with Crippen LogP contribution in [0.3, 0.4) is 0 Å².